The van der Waals surface area contributed by atoms with Crippen molar-refractivity contribution in [3.8, 4) is 5.75 Å². The molecule has 0 heterocycles. The van der Waals surface area contributed by atoms with Crippen molar-refractivity contribution in [3.63, 3.8) is 0 Å². The molecule has 1 rings (SSSR count). The molecule has 4 nitrogen and oxygen atoms in total. The summed E-state index contributed by atoms with van der Waals surface area (Å²) in [4.78, 5) is 11.0. The van der Waals surface area contributed by atoms with Crippen LogP contribution in [0.15, 0.2) is 18.2 Å². The highest BCUT2D eigenvalue weighted by Crippen LogP contribution is 2.21. The number of halogens is 1. The third-order valence-corrected chi connectivity index (χ3v) is 2.57. The van der Waals surface area contributed by atoms with Crippen LogP contribution < -0.4 is 15.8 Å². The third kappa shape index (κ3) is 4.33. The Labute approximate surface area is 106 Å². The van der Waals surface area contributed by atoms with E-state index in [0.717, 1.165) is 5.56 Å². The van der Waals surface area contributed by atoms with E-state index in [2.05, 4.69) is 5.32 Å². The van der Waals surface area contributed by atoms with Crippen LogP contribution >= 0.6 is 0 Å². The predicted molar refractivity (Wildman–Crippen MR) is 67.8 cm³/mol. The van der Waals surface area contributed by atoms with Crippen molar-refractivity contribution >= 4 is 5.91 Å². The van der Waals surface area contributed by atoms with Crippen molar-refractivity contribution in [1.82, 2.24) is 5.32 Å². The molecule has 1 atom stereocenters. The first kappa shape index (κ1) is 14.4. The summed E-state index contributed by atoms with van der Waals surface area (Å²) in [5.41, 5.74) is 6.38. The van der Waals surface area contributed by atoms with Gasteiger partial charge in [0.1, 0.15) is 0 Å². The van der Waals surface area contributed by atoms with E-state index in [1.165, 1.54) is 6.07 Å². The van der Waals surface area contributed by atoms with Gasteiger partial charge < -0.3 is 15.8 Å². The molecule has 0 aromatic heterocycles. The van der Waals surface area contributed by atoms with Gasteiger partial charge in [0.05, 0.1) is 6.61 Å². The zero-order valence-corrected chi connectivity index (χ0v) is 10.7. The van der Waals surface area contributed by atoms with Crippen LogP contribution in [-0.2, 0) is 4.79 Å². The van der Waals surface area contributed by atoms with Crippen LogP contribution in [0.25, 0.3) is 0 Å². The summed E-state index contributed by atoms with van der Waals surface area (Å²) in [5.74, 6) is -0.285. The topological polar surface area (TPSA) is 64.3 Å². The number of nitrogens with two attached hydrogens (primary N) is 1. The summed E-state index contributed by atoms with van der Waals surface area (Å²) in [6.07, 6.45) is 0.921. The second-order valence-electron chi connectivity index (χ2n) is 4.10. The Hall–Kier alpha value is -1.62. The first-order valence-corrected chi connectivity index (χ1v) is 5.93. The van der Waals surface area contributed by atoms with Gasteiger partial charge in [0.2, 0.25) is 5.91 Å². The highest BCUT2D eigenvalue weighted by molar-refractivity contribution is 5.75. The molecular weight excluding hydrogens is 235 g/mol. The number of hydrogen-bond acceptors (Lipinski definition) is 3. The second kappa shape index (κ2) is 6.96. The SMILES string of the molecule is CNC(=O)CCCOc1ccc([C@H](C)N)cc1F. The normalized spacial score (nSPS) is 12.0. The van der Waals surface area contributed by atoms with Gasteiger partial charge in [-0.25, -0.2) is 4.39 Å². The minimum atomic E-state index is -0.426. The van der Waals surface area contributed by atoms with E-state index < -0.39 is 5.82 Å². The van der Waals surface area contributed by atoms with Crippen LogP contribution in [0.2, 0.25) is 0 Å². The molecule has 0 unspecified atom stereocenters. The highest BCUT2D eigenvalue weighted by atomic mass is 19.1. The van der Waals surface area contributed by atoms with E-state index in [0.29, 0.717) is 19.4 Å². The maximum atomic E-state index is 13.6. The van der Waals surface area contributed by atoms with Crippen molar-refractivity contribution in [2.45, 2.75) is 25.8 Å². The lowest BCUT2D eigenvalue weighted by Gasteiger charge is -2.10. The minimum Gasteiger partial charge on any atom is -0.491 e. The van der Waals surface area contributed by atoms with E-state index in [-0.39, 0.29) is 17.7 Å². The Balaban J connectivity index is 2.45. The van der Waals surface area contributed by atoms with Gasteiger partial charge in [-0.3, -0.25) is 4.79 Å². The molecule has 100 valence electrons. The molecule has 0 spiro atoms. The van der Waals surface area contributed by atoms with Crippen LogP contribution in [0.5, 0.6) is 5.75 Å². The van der Waals surface area contributed by atoms with E-state index in [1.54, 1.807) is 26.1 Å². The minimum absolute atomic E-state index is 0.0497. The van der Waals surface area contributed by atoms with E-state index in [9.17, 15) is 9.18 Å². The molecule has 0 aliphatic heterocycles. The highest BCUT2D eigenvalue weighted by Gasteiger charge is 2.07. The van der Waals surface area contributed by atoms with Crippen LogP contribution in [0.1, 0.15) is 31.4 Å². The smallest absolute Gasteiger partial charge is 0.219 e. The van der Waals surface area contributed by atoms with Gasteiger partial charge in [0.25, 0.3) is 0 Å². The van der Waals surface area contributed by atoms with Crippen molar-refractivity contribution in [3.05, 3.63) is 29.6 Å². The molecule has 0 bridgehead atoms. The first-order chi connectivity index (χ1) is 8.54. The zero-order valence-electron chi connectivity index (χ0n) is 10.7. The number of carbonyl (C=O) groups excluding carboxylic acids is 1. The number of amides is 1. The lowest BCUT2D eigenvalue weighted by molar-refractivity contribution is -0.120. The molecule has 5 heteroatoms. The standard InChI is InChI=1S/C13H19FN2O2/c1-9(15)10-5-6-12(11(14)8-10)18-7-3-4-13(17)16-2/h5-6,8-9H,3-4,7,15H2,1-2H3,(H,16,17)/t9-/m0/s1. The van der Waals surface area contributed by atoms with Gasteiger partial charge >= 0.3 is 0 Å². The number of nitrogens with one attached hydrogen (secondary N) is 1. The molecule has 1 amide bonds. The summed E-state index contributed by atoms with van der Waals surface area (Å²) in [7, 11) is 1.58. The Morgan fingerprint density at radius 3 is 2.83 bits per heavy atom. The number of carbonyl (C=O) groups is 1. The first-order valence-electron chi connectivity index (χ1n) is 5.93. The second-order valence-corrected chi connectivity index (χ2v) is 4.10. The molecule has 0 aliphatic rings. The lowest BCUT2D eigenvalue weighted by Crippen LogP contribution is -2.18. The fourth-order valence-electron chi connectivity index (χ4n) is 1.46. The van der Waals surface area contributed by atoms with Crippen molar-refractivity contribution in [1.29, 1.82) is 0 Å². The van der Waals surface area contributed by atoms with Gasteiger partial charge in [-0.15, -0.1) is 0 Å². The Morgan fingerprint density at radius 2 is 2.28 bits per heavy atom. The van der Waals surface area contributed by atoms with E-state index in [4.69, 9.17) is 10.5 Å². The van der Waals surface area contributed by atoms with Crippen LogP contribution in [-0.4, -0.2) is 19.6 Å². The average Bonchev–Trinajstić information content (AvgIpc) is 2.35. The number of benzene rings is 1. The summed E-state index contributed by atoms with van der Waals surface area (Å²) in [6.45, 7) is 2.10. The van der Waals surface area contributed by atoms with Gasteiger partial charge in [-0.05, 0) is 31.0 Å². The Bertz CT molecular complexity index is 408. The Kier molecular flexibility index (Phi) is 5.58. The maximum Gasteiger partial charge on any atom is 0.219 e. The number of hydrogen-bond donors (Lipinski definition) is 2. The maximum absolute atomic E-state index is 13.6. The van der Waals surface area contributed by atoms with Crippen molar-refractivity contribution in [2.75, 3.05) is 13.7 Å². The van der Waals surface area contributed by atoms with Crippen LogP contribution in [0.3, 0.4) is 0 Å². The van der Waals surface area contributed by atoms with Gasteiger partial charge in [-0.1, -0.05) is 6.07 Å². The van der Waals surface area contributed by atoms with Gasteiger partial charge in [-0.2, -0.15) is 0 Å². The quantitative estimate of drug-likeness (QED) is 0.760. The van der Waals surface area contributed by atoms with Gasteiger partial charge in [0, 0.05) is 19.5 Å². The van der Waals surface area contributed by atoms with Gasteiger partial charge in [0.15, 0.2) is 11.6 Å². The molecule has 0 saturated heterocycles. The predicted octanol–water partition coefficient (Wildman–Crippen LogP) is 1.75. The summed E-state index contributed by atoms with van der Waals surface area (Å²) in [5, 5.41) is 2.51. The Morgan fingerprint density at radius 1 is 1.56 bits per heavy atom. The molecule has 0 saturated carbocycles. The van der Waals surface area contributed by atoms with Crippen molar-refractivity contribution < 1.29 is 13.9 Å². The summed E-state index contributed by atoms with van der Waals surface area (Å²) < 4.78 is 18.9. The molecule has 0 radical (unpaired) electrons. The van der Waals surface area contributed by atoms with Crippen molar-refractivity contribution in [2.24, 2.45) is 5.73 Å². The third-order valence-electron chi connectivity index (χ3n) is 2.57. The fraction of sp³-hybridized carbons (Fsp3) is 0.462. The largest absolute Gasteiger partial charge is 0.491 e. The van der Waals surface area contributed by atoms with Crippen LogP contribution in [0.4, 0.5) is 4.39 Å². The average molecular weight is 254 g/mol. The summed E-state index contributed by atoms with van der Waals surface area (Å²) >= 11 is 0. The molecular formula is C13H19FN2O2. The fourth-order valence-corrected chi connectivity index (χ4v) is 1.46. The lowest BCUT2D eigenvalue weighted by atomic mass is 10.1. The van der Waals surface area contributed by atoms with E-state index >= 15 is 0 Å². The van der Waals surface area contributed by atoms with E-state index in [1.807, 2.05) is 0 Å². The molecule has 0 aliphatic carbocycles. The molecule has 18 heavy (non-hydrogen) atoms. The molecule has 1 aromatic rings. The summed E-state index contributed by atoms with van der Waals surface area (Å²) in [6, 6.07) is 4.47. The van der Waals surface area contributed by atoms with Crippen LogP contribution in [0, 0.1) is 5.82 Å². The molecule has 1 aromatic carbocycles. The number of ether oxygens (including phenoxy) is 1. The number of rotatable bonds is 6. The molecule has 3 N–H and O–H groups in total. The molecule has 0 fully saturated rings. The zero-order chi connectivity index (χ0) is 13.5. The monoisotopic (exact) mass is 254 g/mol.